The molecule has 0 aromatic heterocycles. The van der Waals surface area contributed by atoms with Gasteiger partial charge in [-0.1, -0.05) is 30.3 Å². The Kier molecular flexibility index (Phi) is 4.52. The van der Waals surface area contributed by atoms with E-state index in [9.17, 15) is 9.59 Å². The van der Waals surface area contributed by atoms with Gasteiger partial charge in [0.15, 0.2) is 0 Å². The molecule has 1 atom stereocenters. The molecule has 0 radical (unpaired) electrons. The maximum absolute atomic E-state index is 11.8. The van der Waals surface area contributed by atoms with Crippen LogP contribution in [0.15, 0.2) is 30.3 Å². The van der Waals surface area contributed by atoms with Crippen molar-refractivity contribution in [2.45, 2.75) is 25.6 Å². The van der Waals surface area contributed by atoms with Crippen LogP contribution in [0.5, 0.6) is 0 Å². The first-order valence-electron chi connectivity index (χ1n) is 6.24. The van der Waals surface area contributed by atoms with Crippen LogP contribution in [0.2, 0.25) is 0 Å². The van der Waals surface area contributed by atoms with E-state index in [4.69, 9.17) is 4.74 Å². The highest BCUT2D eigenvalue weighted by molar-refractivity contribution is 5.92. The van der Waals surface area contributed by atoms with E-state index in [1.54, 1.807) is 0 Å². The van der Waals surface area contributed by atoms with Crippen LogP contribution in [0.4, 0.5) is 4.79 Å². The van der Waals surface area contributed by atoms with Crippen LogP contribution in [0.25, 0.3) is 0 Å². The number of carbonyl (C=O) groups excluding carboxylic acids is 2. The zero-order valence-electron chi connectivity index (χ0n) is 10.9. The molecule has 0 N–H and O–H groups in total. The van der Waals surface area contributed by atoms with Gasteiger partial charge in [0, 0.05) is 6.54 Å². The number of benzene rings is 1. The Morgan fingerprint density at radius 2 is 2.11 bits per heavy atom. The van der Waals surface area contributed by atoms with Gasteiger partial charge in [0.25, 0.3) is 0 Å². The van der Waals surface area contributed by atoms with Gasteiger partial charge < -0.3 is 9.47 Å². The van der Waals surface area contributed by atoms with E-state index in [0.29, 0.717) is 19.6 Å². The molecule has 1 fully saturated rings. The SMILES string of the molecule is COC(=O)N1CCC(OCc2ccccc2)CC1=O. The van der Waals surface area contributed by atoms with Crippen molar-refractivity contribution in [3.8, 4) is 0 Å². The van der Waals surface area contributed by atoms with Gasteiger partial charge in [-0.3, -0.25) is 4.79 Å². The third-order valence-electron chi connectivity index (χ3n) is 3.10. The quantitative estimate of drug-likeness (QED) is 0.836. The molecule has 19 heavy (non-hydrogen) atoms. The third-order valence-corrected chi connectivity index (χ3v) is 3.10. The van der Waals surface area contributed by atoms with Gasteiger partial charge in [0.2, 0.25) is 5.91 Å². The Bertz CT molecular complexity index is 446. The molecule has 5 nitrogen and oxygen atoms in total. The average Bonchev–Trinajstić information content (AvgIpc) is 2.45. The zero-order valence-corrected chi connectivity index (χ0v) is 10.9. The van der Waals surface area contributed by atoms with Crippen molar-refractivity contribution in [3.63, 3.8) is 0 Å². The van der Waals surface area contributed by atoms with Crippen LogP contribution < -0.4 is 0 Å². The second kappa shape index (κ2) is 6.33. The van der Waals surface area contributed by atoms with E-state index < -0.39 is 6.09 Å². The van der Waals surface area contributed by atoms with E-state index in [1.807, 2.05) is 30.3 Å². The second-order valence-electron chi connectivity index (χ2n) is 4.43. The minimum absolute atomic E-state index is 0.131. The molecule has 0 saturated carbocycles. The van der Waals surface area contributed by atoms with Crippen LogP contribution in [0.3, 0.4) is 0 Å². The maximum Gasteiger partial charge on any atom is 0.416 e. The highest BCUT2D eigenvalue weighted by Gasteiger charge is 2.30. The van der Waals surface area contributed by atoms with E-state index >= 15 is 0 Å². The van der Waals surface area contributed by atoms with Crippen LogP contribution in [-0.4, -0.2) is 36.7 Å². The summed E-state index contributed by atoms with van der Waals surface area (Å²) in [4.78, 5) is 24.2. The van der Waals surface area contributed by atoms with Gasteiger partial charge in [-0.05, 0) is 12.0 Å². The number of carbonyl (C=O) groups is 2. The average molecular weight is 263 g/mol. The lowest BCUT2D eigenvalue weighted by molar-refractivity contribution is -0.137. The Morgan fingerprint density at radius 3 is 2.74 bits per heavy atom. The largest absolute Gasteiger partial charge is 0.452 e. The lowest BCUT2D eigenvalue weighted by Crippen LogP contribution is -2.45. The molecule has 0 aliphatic carbocycles. The number of imide groups is 1. The van der Waals surface area contributed by atoms with Crippen molar-refractivity contribution < 1.29 is 19.1 Å². The van der Waals surface area contributed by atoms with Crippen molar-refractivity contribution >= 4 is 12.0 Å². The molecule has 1 aromatic rings. The highest BCUT2D eigenvalue weighted by Crippen LogP contribution is 2.17. The van der Waals surface area contributed by atoms with Gasteiger partial charge in [-0.2, -0.15) is 0 Å². The first-order chi connectivity index (χ1) is 9.20. The second-order valence-corrected chi connectivity index (χ2v) is 4.43. The number of piperidine rings is 1. The van der Waals surface area contributed by atoms with Crippen molar-refractivity contribution in [2.75, 3.05) is 13.7 Å². The predicted molar refractivity (Wildman–Crippen MR) is 68.4 cm³/mol. The molecule has 102 valence electrons. The first-order valence-corrected chi connectivity index (χ1v) is 6.24. The van der Waals surface area contributed by atoms with Gasteiger partial charge in [0.1, 0.15) is 0 Å². The lowest BCUT2D eigenvalue weighted by atomic mass is 10.1. The fourth-order valence-electron chi connectivity index (χ4n) is 2.04. The number of nitrogens with zero attached hydrogens (tertiary/aromatic N) is 1. The number of amides is 2. The van der Waals surface area contributed by atoms with Crippen LogP contribution in [0.1, 0.15) is 18.4 Å². The molecule has 1 aliphatic rings. The van der Waals surface area contributed by atoms with Gasteiger partial charge in [-0.15, -0.1) is 0 Å². The molecule has 0 spiro atoms. The summed E-state index contributed by atoms with van der Waals surface area (Å²) in [6.45, 7) is 0.835. The lowest BCUT2D eigenvalue weighted by Gasteiger charge is -2.29. The first kappa shape index (κ1) is 13.5. The van der Waals surface area contributed by atoms with Crippen molar-refractivity contribution in [1.82, 2.24) is 4.90 Å². The van der Waals surface area contributed by atoms with Crippen molar-refractivity contribution in [2.24, 2.45) is 0 Å². The van der Waals surface area contributed by atoms with Crippen LogP contribution in [0, 0.1) is 0 Å². The number of ether oxygens (including phenoxy) is 2. The van der Waals surface area contributed by atoms with Gasteiger partial charge in [0.05, 0.1) is 26.2 Å². The summed E-state index contributed by atoms with van der Waals surface area (Å²) in [5, 5.41) is 0. The van der Waals surface area contributed by atoms with Gasteiger partial charge >= 0.3 is 6.09 Å². The summed E-state index contributed by atoms with van der Waals surface area (Å²) in [6.07, 6.45) is 0.149. The van der Waals surface area contributed by atoms with E-state index in [1.165, 1.54) is 7.11 Å². The minimum atomic E-state index is -0.591. The number of hydrogen-bond donors (Lipinski definition) is 0. The Balaban J connectivity index is 1.82. The number of methoxy groups -OCH3 is 1. The molecule has 2 amide bonds. The number of likely N-dealkylation sites (tertiary alicyclic amines) is 1. The minimum Gasteiger partial charge on any atom is -0.452 e. The fourth-order valence-corrected chi connectivity index (χ4v) is 2.04. The number of rotatable bonds is 3. The van der Waals surface area contributed by atoms with Crippen LogP contribution in [-0.2, 0) is 20.9 Å². The molecule has 1 heterocycles. The van der Waals surface area contributed by atoms with E-state index in [-0.39, 0.29) is 18.4 Å². The molecule has 2 rings (SSSR count). The topological polar surface area (TPSA) is 55.8 Å². The molecular formula is C14H17NO4. The molecular weight excluding hydrogens is 246 g/mol. The molecule has 1 aromatic carbocycles. The smallest absolute Gasteiger partial charge is 0.416 e. The normalized spacial score (nSPS) is 19.3. The van der Waals surface area contributed by atoms with E-state index in [2.05, 4.69) is 4.74 Å². The number of hydrogen-bond acceptors (Lipinski definition) is 4. The summed E-state index contributed by atoms with van der Waals surface area (Å²) >= 11 is 0. The predicted octanol–water partition coefficient (Wildman–Crippen LogP) is 1.96. The monoisotopic (exact) mass is 263 g/mol. The molecule has 1 unspecified atom stereocenters. The summed E-state index contributed by atoms with van der Waals surface area (Å²) in [6, 6.07) is 9.80. The molecule has 5 heteroatoms. The third kappa shape index (κ3) is 3.54. The zero-order chi connectivity index (χ0) is 13.7. The maximum atomic E-state index is 11.8. The molecule has 1 aliphatic heterocycles. The van der Waals surface area contributed by atoms with Crippen molar-refractivity contribution in [1.29, 1.82) is 0 Å². The summed E-state index contributed by atoms with van der Waals surface area (Å²) in [7, 11) is 1.27. The summed E-state index contributed by atoms with van der Waals surface area (Å²) in [5.41, 5.74) is 1.07. The fraction of sp³-hybridized carbons (Fsp3) is 0.429. The highest BCUT2D eigenvalue weighted by atomic mass is 16.5. The summed E-state index contributed by atoms with van der Waals surface area (Å²) < 4.78 is 10.3. The van der Waals surface area contributed by atoms with Crippen LogP contribution >= 0.6 is 0 Å². The van der Waals surface area contributed by atoms with E-state index in [0.717, 1.165) is 10.5 Å². The summed E-state index contributed by atoms with van der Waals surface area (Å²) in [5.74, 6) is -0.240. The standard InChI is InChI=1S/C14H17NO4/c1-18-14(17)15-8-7-12(9-13(15)16)19-10-11-5-3-2-4-6-11/h2-6,12H,7-10H2,1H3. The molecule has 1 saturated heterocycles. The Morgan fingerprint density at radius 1 is 1.37 bits per heavy atom. The molecule has 0 bridgehead atoms. The Hall–Kier alpha value is -1.88. The Labute approximate surface area is 112 Å². The van der Waals surface area contributed by atoms with Gasteiger partial charge in [-0.25, -0.2) is 9.69 Å². The van der Waals surface area contributed by atoms with Crippen molar-refractivity contribution in [3.05, 3.63) is 35.9 Å².